The van der Waals surface area contributed by atoms with E-state index in [1.54, 1.807) is 75.4 Å². The van der Waals surface area contributed by atoms with Gasteiger partial charge in [0, 0.05) is 41.0 Å². The van der Waals surface area contributed by atoms with Gasteiger partial charge in [0.25, 0.3) is 0 Å². The van der Waals surface area contributed by atoms with Gasteiger partial charge in [-0.3, -0.25) is 10.7 Å². The molecule has 0 unspecified atom stereocenters. The average Bonchev–Trinajstić information content (AvgIpc) is 3.31. The number of amidine groups is 1. The molecule has 9 nitrogen and oxygen atoms in total. The Labute approximate surface area is 223 Å². The van der Waals surface area contributed by atoms with Crippen LogP contribution in [0.25, 0.3) is 11.1 Å². The molecular weight excluding hydrogens is 502 g/mol. The zero-order chi connectivity index (χ0) is 27.5. The second kappa shape index (κ2) is 10.8. The highest BCUT2D eigenvalue weighted by Gasteiger charge is 2.29. The van der Waals surface area contributed by atoms with Crippen LogP contribution in [0.5, 0.6) is 0 Å². The fourth-order valence-corrected chi connectivity index (χ4v) is 6.06. The second-order valence-electron chi connectivity index (χ2n) is 10.2. The molecule has 1 atom stereocenters. The van der Waals surface area contributed by atoms with Gasteiger partial charge in [-0.25, -0.2) is 17.9 Å². The van der Waals surface area contributed by atoms with Crippen molar-refractivity contribution in [2.24, 2.45) is 5.73 Å². The highest BCUT2D eigenvalue weighted by atomic mass is 32.2. The third kappa shape index (κ3) is 6.51. The van der Waals surface area contributed by atoms with E-state index in [-0.39, 0.29) is 10.7 Å². The van der Waals surface area contributed by atoms with Crippen molar-refractivity contribution >= 4 is 33.3 Å². The molecule has 10 heteroatoms. The zero-order valence-electron chi connectivity index (χ0n) is 21.7. The van der Waals surface area contributed by atoms with Gasteiger partial charge in [-0.05, 0) is 63.1 Å². The van der Waals surface area contributed by atoms with E-state index in [4.69, 9.17) is 15.9 Å². The fourth-order valence-electron chi connectivity index (χ4n) is 4.41. The Kier molecular flexibility index (Phi) is 7.75. The van der Waals surface area contributed by atoms with Gasteiger partial charge in [-0.1, -0.05) is 42.5 Å². The van der Waals surface area contributed by atoms with Crippen molar-refractivity contribution in [3.05, 3.63) is 78.4 Å². The number of hydrogen-bond donors (Lipinski definition) is 4. The number of nitrogen functional groups attached to an aromatic ring is 1. The molecule has 200 valence electrons. The molecule has 1 aliphatic rings. The van der Waals surface area contributed by atoms with Gasteiger partial charge in [-0.2, -0.15) is 0 Å². The van der Waals surface area contributed by atoms with E-state index in [2.05, 4.69) is 10.0 Å². The van der Waals surface area contributed by atoms with E-state index in [0.29, 0.717) is 28.8 Å². The minimum Gasteiger partial charge on any atom is -0.425 e. The fraction of sp³-hybridized carbons (Fsp3) is 0.286. The summed E-state index contributed by atoms with van der Waals surface area (Å²) in [6, 6.07) is 21.1. The van der Waals surface area contributed by atoms with Crippen molar-refractivity contribution in [1.29, 1.82) is 5.41 Å². The topological polar surface area (TPSA) is 138 Å². The normalized spacial score (nSPS) is 15.8. The van der Waals surface area contributed by atoms with E-state index in [9.17, 15) is 13.2 Å². The van der Waals surface area contributed by atoms with Crippen LogP contribution >= 0.6 is 0 Å². The van der Waals surface area contributed by atoms with E-state index in [0.717, 1.165) is 18.7 Å². The second-order valence-corrected chi connectivity index (χ2v) is 11.9. The molecule has 3 aromatic rings. The molecule has 1 heterocycles. The molecule has 0 radical (unpaired) electrons. The molecule has 1 amide bonds. The summed E-state index contributed by atoms with van der Waals surface area (Å²) in [5.41, 5.74) is 8.24. The summed E-state index contributed by atoms with van der Waals surface area (Å²) in [5.74, 6) is -0.0182. The number of ether oxygens (including phenoxy) is 1. The largest absolute Gasteiger partial charge is 0.425 e. The lowest BCUT2D eigenvalue weighted by Crippen LogP contribution is -2.40. The van der Waals surface area contributed by atoms with Crippen molar-refractivity contribution in [1.82, 2.24) is 4.72 Å². The maximum absolute atomic E-state index is 13.0. The molecule has 5 N–H and O–H groups in total. The highest BCUT2D eigenvalue weighted by molar-refractivity contribution is 7.89. The lowest BCUT2D eigenvalue weighted by molar-refractivity contribution is 0.116. The van der Waals surface area contributed by atoms with Crippen LogP contribution in [0.1, 0.15) is 39.2 Å². The van der Waals surface area contributed by atoms with Crippen molar-refractivity contribution < 1.29 is 17.9 Å². The molecule has 0 saturated carbocycles. The van der Waals surface area contributed by atoms with Crippen molar-refractivity contribution in [3.8, 4) is 11.1 Å². The third-order valence-electron chi connectivity index (χ3n) is 5.99. The molecule has 3 aromatic carbocycles. The molecule has 0 aromatic heterocycles. The number of carbonyl (C=O) groups is 1. The number of nitrogens with one attached hydrogen (secondary N) is 3. The summed E-state index contributed by atoms with van der Waals surface area (Å²) in [4.78, 5) is 14.9. The summed E-state index contributed by atoms with van der Waals surface area (Å²) in [7, 11) is -3.74. The molecule has 1 fully saturated rings. The maximum Gasteiger partial charge on any atom is 0.413 e. The minimum absolute atomic E-state index is 0.0182. The van der Waals surface area contributed by atoms with Gasteiger partial charge in [0.1, 0.15) is 5.84 Å². The summed E-state index contributed by atoms with van der Waals surface area (Å²) >= 11 is 0. The number of sulfonamides is 1. The predicted octanol–water partition coefficient (Wildman–Crippen LogP) is 4.89. The Morgan fingerprint density at radius 3 is 2.45 bits per heavy atom. The SMILES string of the molecule is CC(C)(C)NS(=O)(=O)c1ccccc1-c1ccc(NC(=O)O[C@H]2CCCN2c2cccc(C(=N)N)c2)cc1. The average molecular weight is 536 g/mol. The first kappa shape index (κ1) is 27.2. The number of nitrogens with zero attached hydrogens (tertiary/aromatic N) is 1. The summed E-state index contributed by atoms with van der Waals surface area (Å²) in [6.07, 6.45) is 0.520. The van der Waals surface area contributed by atoms with Crippen LogP contribution < -0.4 is 20.7 Å². The predicted molar refractivity (Wildman–Crippen MR) is 150 cm³/mol. The standard InChI is InChI=1S/C28H33N5O4S/c1-28(2,3)32-38(35,36)24-11-5-4-10-23(24)19-13-15-21(16-14-19)31-27(34)37-25-12-7-17-33(25)22-9-6-8-20(18-22)26(29)30/h4-6,8-11,13-16,18,25,32H,7,12,17H2,1-3H3,(H3,29,30)(H,31,34)/t25-/m0/s1. The molecule has 0 bridgehead atoms. The Balaban J connectivity index is 1.45. The lowest BCUT2D eigenvalue weighted by Gasteiger charge is -2.26. The van der Waals surface area contributed by atoms with E-state index in [1.807, 2.05) is 23.1 Å². The van der Waals surface area contributed by atoms with Crippen LogP contribution in [0.3, 0.4) is 0 Å². The number of hydrogen-bond acceptors (Lipinski definition) is 6. The molecule has 1 saturated heterocycles. The van der Waals surface area contributed by atoms with E-state index >= 15 is 0 Å². The molecule has 0 spiro atoms. The van der Waals surface area contributed by atoms with Crippen LogP contribution in [0.2, 0.25) is 0 Å². The lowest BCUT2D eigenvalue weighted by atomic mass is 10.1. The van der Waals surface area contributed by atoms with Gasteiger partial charge in [0.15, 0.2) is 6.23 Å². The minimum atomic E-state index is -3.74. The number of anilines is 2. The Bertz CT molecular complexity index is 1430. The number of amides is 1. The monoisotopic (exact) mass is 535 g/mol. The first-order chi connectivity index (χ1) is 17.9. The summed E-state index contributed by atoms with van der Waals surface area (Å²) in [6.45, 7) is 6.10. The zero-order valence-corrected chi connectivity index (χ0v) is 22.5. The van der Waals surface area contributed by atoms with Crippen LogP contribution in [-0.4, -0.2) is 38.7 Å². The first-order valence-corrected chi connectivity index (χ1v) is 13.8. The smallest absolute Gasteiger partial charge is 0.413 e. The van der Waals surface area contributed by atoms with Crippen LogP contribution in [0, 0.1) is 5.41 Å². The Morgan fingerprint density at radius 1 is 1.05 bits per heavy atom. The van der Waals surface area contributed by atoms with E-state index in [1.165, 1.54) is 0 Å². The van der Waals surface area contributed by atoms with Gasteiger partial charge in [0.2, 0.25) is 10.0 Å². The highest BCUT2D eigenvalue weighted by Crippen LogP contribution is 2.30. The maximum atomic E-state index is 13.0. The van der Waals surface area contributed by atoms with Crippen LogP contribution in [0.4, 0.5) is 16.2 Å². The Hall–Kier alpha value is -3.89. The number of rotatable bonds is 7. The van der Waals surface area contributed by atoms with Gasteiger partial charge in [-0.15, -0.1) is 0 Å². The summed E-state index contributed by atoms with van der Waals surface area (Å²) in [5, 5.41) is 10.4. The summed E-state index contributed by atoms with van der Waals surface area (Å²) < 4.78 is 34.4. The van der Waals surface area contributed by atoms with Crippen molar-refractivity contribution in [2.45, 2.75) is 50.3 Å². The third-order valence-corrected chi connectivity index (χ3v) is 7.81. The van der Waals surface area contributed by atoms with Crippen LogP contribution in [0.15, 0.2) is 77.7 Å². The number of nitrogens with two attached hydrogens (primary N) is 1. The Morgan fingerprint density at radius 2 is 1.76 bits per heavy atom. The van der Waals surface area contributed by atoms with Crippen LogP contribution in [-0.2, 0) is 14.8 Å². The molecule has 4 rings (SSSR count). The molecular formula is C28H33N5O4S. The van der Waals surface area contributed by atoms with Gasteiger partial charge in [0.05, 0.1) is 4.90 Å². The van der Waals surface area contributed by atoms with E-state index < -0.39 is 27.9 Å². The quantitative estimate of drug-likeness (QED) is 0.251. The molecule has 1 aliphatic heterocycles. The molecule has 0 aliphatic carbocycles. The van der Waals surface area contributed by atoms with Crippen molar-refractivity contribution in [3.63, 3.8) is 0 Å². The van der Waals surface area contributed by atoms with Gasteiger partial charge < -0.3 is 15.4 Å². The first-order valence-electron chi connectivity index (χ1n) is 12.4. The van der Waals surface area contributed by atoms with Gasteiger partial charge >= 0.3 is 6.09 Å². The molecule has 38 heavy (non-hydrogen) atoms. The van der Waals surface area contributed by atoms with Crippen molar-refractivity contribution in [2.75, 3.05) is 16.8 Å². The number of carbonyl (C=O) groups excluding carboxylic acids is 1. The number of benzene rings is 3.